The molecule has 0 fully saturated rings. The van der Waals surface area contributed by atoms with E-state index in [1.807, 2.05) is 18.4 Å². The summed E-state index contributed by atoms with van der Waals surface area (Å²) in [7, 11) is 0. The number of hydrogen-bond acceptors (Lipinski definition) is 4. The topological polar surface area (TPSA) is 42.9 Å². The molecule has 0 saturated heterocycles. The normalized spacial score (nSPS) is 12.1. The summed E-state index contributed by atoms with van der Waals surface area (Å²) < 4.78 is 0. The van der Waals surface area contributed by atoms with Crippen LogP contribution in [0.15, 0.2) is 41.7 Å². The van der Waals surface area contributed by atoms with Crippen molar-refractivity contribution in [1.29, 1.82) is 0 Å². The van der Waals surface area contributed by atoms with Gasteiger partial charge in [0.2, 0.25) is 0 Å². The van der Waals surface area contributed by atoms with E-state index in [1.54, 1.807) is 24.4 Å². The second-order valence-electron chi connectivity index (χ2n) is 3.63. The molecule has 0 bridgehead atoms. The standard InChI is InChI=1S/C13H11ClN2OS/c1-18-13-15-7-6-12(16-13)11(8-17)9-2-4-10(14)5-3-9/h2-8,11H,1H3. The maximum absolute atomic E-state index is 11.3. The van der Waals surface area contributed by atoms with Gasteiger partial charge >= 0.3 is 0 Å². The predicted octanol–water partition coefficient (Wildman–Crippen LogP) is 3.18. The van der Waals surface area contributed by atoms with Crippen molar-refractivity contribution >= 4 is 29.6 Å². The molecule has 0 N–H and O–H groups in total. The number of rotatable bonds is 4. The number of thioether (sulfide) groups is 1. The molecule has 0 saturated carbocycles. The van der Waals surface area contributed by atoms with E-state index < -0.39 is 0 Å². The Balaban J connectivity index is 2.38. The molecule has 0 aliphatic heterocycles. The van der Waals surface area contributed by atoms with Crippen molar-refractivity contribution in [2.45, 2.75) is 11.1 Å². The zero-order valence-electron chi connectivity index (χ0n) is 9.71. The zero-order valence-corrected chi connectivity index (χ0v) is 11.3. The van der Waals surface area contributed by atoms with Crippen LogP contribution >= 0.6 is 23.4 Å². The number of benzene rings is 1. The van der Waals surface area contributed by atoms with Gasteiger partial charge in [-0.1, -0.05) is 35.5 Å². The average Bonchev–Trinajstić information content (AvgIpc) is 2.42. The quantitative estimate of drug-likeness (QED) is 0.489. The van der Waals surface area contributed by atoms with Gasteiger partial charge in [-0.3, -0.25) is 0 Å². The third-order valence-corrected chi connectivity index (χ3v) is 3.34. The van der Waals surface area contributed by atoms with Crippen LogP contribution in [0.25, 0.3) is 0 Å². The van der Waals surface area contributed by atoms with Crippen LogP contribution in [-0.4, -0.2) is 22.5 Å². The summed E-state index contributed by atoms with van der Waals surface area (Å²) in [5, 5.41) is 1.31. The van der Waals surface area contributed by atoms with Crippen LogP contribution < -0.4 is 0 Å². The third kappa shape index (κ3) is 2.89. The molecule has 2 aromatic rings. The number of nitrogens with zero attached hydrogens (tertiary/aromatic N) is 2. The summed E-state index contributed by atoms with van der Waals surface area (Å²) in [6, 6.07) is 8.96. The highest BCUT2D eigenvalue weighted by molar-refractivity contribution is 7.98. The Labute approximate surface area is 115 Å². The van der Waals surface area contributed by atoms with Crippen LogP contribution in [-0.2, 0) is 4.79 Å². The minimum atomic E-state index is -0.379. The Hall–Kier alpha value is -1.39. The van der Waals surface area contributed by atoms with E-state index in [0.29, 0.717) is 15.9 Å². The van der Waals surface area contributed by atoms with E-state index in [0.717, 1.165) is 11.8 Å². The van der Waals surface area contributed by atoms with Gasteiger partial charge in [0.05, 0.1) is 11.6 Å². The van der Waals surface area contributed by atoms with E-state index in [-0.39, 0.29) is 5.92 Å². The van der Waals surface area contributed by atoms with Crippen molar-refractivity contribution in [3.8, 4) is 0 Å². The maximum atomic E-state index is 11.3. The van der Waals surface area contributed by atoms with Crippen LogP contribution in [0.1, 0.15) is 17.2 Å². The average molecular weight is 279 g/mol. The minimum Gasteiger partial charge on any atom is -0.302 e. The van der Waals surface area contributed by atoms with Gasteiger partial charge in [0.25, 0.3) is 0 Å². The maximum Gasteiger partial charge on any atom is 0.187 e. The predicted molar refractivity (Wildman–Crippen MR) is 73.2 cm³/mol. The lowest BCUT2D eigenvalue weighted by Crippen LogP contribution is -2.06. The van der Waals surface area contributed by atoms with Crippen molar-refractivity contribution in [1.82, 2.24) is 9.97 Å². The molecule has 5 heteroatoms. The zero-order chi connectivity index (χ0) is 13.0. The number of aldehydes is 1. The molecule has 0 aliphatic carbocycles. The van der Waals surface area contributed by atoms with Crippen molar-refractivity contribution in [3.63, 3.8) is 0 Å². The van der Waals surface area contributed by atoms with E-state index >= 15 is 0 Å². The second-order valence-corrected chi connectivity index (χ2v) is 4.84. The largest absolute Gasteiger partial charge is 0.302 e. The van der Waals surface area contributed by atoms with Crippen LogP contribution in [0.5, 0.6) is 0 Å². The summed E-state index contributed by atoms with van der Waals surface area (Å²) in [4.78, 5) is 19.7. The monoisotopic (exact) mass is 278 g/mol. The first-order chi connectivity index (χ1) is 8.74. The van der Waals surface area contributed by atoms with E-state index in [9.17, 15) is 4.79 Å². The number of carbonyl (C=O) groups excluding carboxylic acids is 1. The molecule has 1 unspecified atom stereocenters. The molecule has 3 nitrogen and oxygen atoms in total. The first-order valence-electron chi connectivity index (χ1n) is 5.32. The fraction of sp³-hybridized carbons (Fsp3) is 0.154. The molecule has 1 aromatic carbocycles. The van der Waals surface area contributed by atoms with Crippen molar-refractivity contribution in [2.75, 3.05) is 6.26 Å². The molecule has 18 heavy (non-hydrogen) atoms. The number of carbonyl (C=O) groups is 1. The van der Waals surface area contributed by atoms with Crippen LogP contribution in [0, 0.1) is 0 Å². The molecular weight excluding hydrogens is 268 g/mol. The Morgan fingerprint density at radius 2 is 2.00 bits per heavy atom. The highest BCUT2D eigenvalue weighted by Crippen LogP contribution is 2.23. The van der Waals surface area contributed by atoms with Gasteiger partial charge < -0.3 is 4.79 Å². The molecule has 2 rings (SSSR count). The van der Waals surface area contributed by atoms with E-state index in [2.05, 4.69) is 9.97 Å². The fourth-order valence-corrected chi connectivity index (χ4v) is 2.10. The van der Waals surface area contributed by atoms with Crippen LogP contribution in [0.2, 0.25) is 5.02 Å². The number of halogens is 1. The summed E-state index contributed by atoms with van der Waals surface area (Å²) in [5.74, 6) is -0.379. The lowest BCUT2D eigenvalue weighted by atomic mass is 9.97. The van der Waals surface area contributed by atoms with Gasteiger partial charge in [-0.25, -0.2) is 9.97 Å². The Morgan fingerprint density at radius 3 is 2.61 bits per heavy atom. The summed E-state index contributed by atoms with van der Waals surface area (Å²) in [6.07, 6.45) is 4.45. The second kappa shape index (κ2) is 5.98. The summed E-state index contributed by atoms with van der Waals surface area (Å²) in [6.45, 7) is 0. The highest BCUT2D eigenvalue weighted by Gasteiger charge is 2.15. The van der Waals surface area contributed by atoms with Gasteiger partial charge in [0.1, 0.15) is 6.29 Å². The van der Waals surface area contributed by atoms with Crippen molar-refractivity contribution < 1.29 is 4.79 Å². The van der Waals surface area contributed by atoms with Crippen LogP contribution in [0.4, 0.5) is 0 Å². The lowest BCUT2D eigenvalue weighted by molar-refractivity contribution is -0.108. The number of hydrogen-bond donors (Lipinski definition) is 0. The van der Waals surface area contributed by atoms with Gasteiger partial charge in [-0.2, -0.15) is 0 Å². The molecule has 0 amide bonds. The fourth-order valence-electron chi connectivity index (χ4n) is 1.61. The minimum absolute atomic E-state index is 0.379. The van der Waals surface area contributed by atoms with E-state index in [1.165, 1.54) is 11.8 Å². The Bertz CT molecular complexity index is 545. The molecule has 0 radical (unpaired) electrons. The summed E-state index contributed by atoms with van der Waals surface area (Å²) in [5.41, 5.74) is 1.58. The van der Waals surface area contributed by atoms with Gasteiger partial charge in [0, 0.05) is 11.2 Å². The number of aromatic nitrogens is 2. The molecule has 1 heterocycles. The van der Waals surface area contributed by atoms with Gasteiger partial charge in [-0.05, 0) is 30.0 Å². The molecule has 1 aromatic heterocycles. The lowest BCUT2D eigenvalue weighted by Gasteiger charge is -2.10. The summed E-state index contributed by atoms with van der Waals surface area (Å²) >= 11 is 7.29. The third-order valence-electron chi connectivity index (χ3n) is 2.52. The van der Waals surface area contributed by atoms with Crippen LogP contribution in [0.3, 0.4) is 0 Å². The Kier molecular flexibility index (Phi) is 4.33. The molecule has 1 atom stereocenters. The smallest absolute Gasteiger partial charge is 0.187 e. The molecule has 92 valence electrons. The van der Waals surface area contributed by atoms with Gasteiger partial charge in [0.15, 0.2) is 5.16 Å². The van der Waals surface area contributed by atoms with Gasteiger partial charge in [-0.15, -0.1) is 0 Å². The first kappa shape index (κ1) is 13.1. The highest BCUT2D eigenvalue weighted by atomic mass is 35.5. The van der Waals surface area contributed by atoms with Crippen molar-refractivity contribution in [2.24, 2.45) is 0 Å². The SMILES string of the molecule is CSc1nccc(C(C=O)c2ccc(Cl)cc2)n1. The Morgan fingerprint density at radius 1 is 1.28 bits per heavy atom. The molecule has 0 aliphatic rings. The van der Waals surface area contributed by atoms with E-state index in [4.69, 9.17) is 11.6 Å². The molecular formula is C13H11ClN2OS. The molecule has 0 spiro atoms. The first-order valence-corrected chi connectivity index (χ1v) is 6.92. The van der Waals surface area contributed by atoms with Crippen molar-refractivity contribution in [3.05, 3.63) is 52.8 Å².